The van der Waals surface area contributed by atoms with Crippen LogP contribution in [0.15, 0.2) is 34.2 Å². The number of nitrogens with zero attached hydrogens (tertiary/aromatic N) is 4. The van der Waals surface area contributed by atoms with Gasteiger partial charge in [-0.15, -0.1) is 11.3 Å². The van der Waals surface area contributed by atoms with Gasteiger partial charge in [0.1, 0.15) is 22.3 Å². The Labute approximate surface area is 186 Å². The minimum atomic E-state index is -0.0827. The second kappa shape index (κ2) is 9.67. The summed E-state index contributed by atoms with van der Waals surface area (Å²) in [6.45, 7) is 8.36. The van der Waals surface area contributed by atoms with Crippen molar-refractivity contribution in [3.8, 4) is 22.3 Å². The summed E-state index contributed by atoms with van der Waals surface area (Å²) in [5, 5.41) is 9.18. The van der Waals surface area contributed by atoms with Crippen LogP contribution in [0.3, 0.4) is 0 Å². The summed E-state index contributed by atoms with van der Waals surface area (Å²) in [7, 11) is 0. The number of nitrogens with one attached hydrogen (secondary N) is 2. The molecular weight excluding hydrogens is 412 g/mol. The zero-order valence-electron chi connectivity index (χ0n) is 18.1. The van der Waals surface area contributed by atoms with E-state index in [1.54, 1.807) is 12.3 Å². The first-order valence-corrected chi connectivity index (χ1v) is 11.5. The maximum Gasteiger partial charge on any atom is 0.239 e. The fourth-order valence-electron chi connectivity index (χ4n) is 3.75. The lowest BCUT2D eigenvalue weighted by Gasteiger charge is -2.32. The smallest absolute Gasteiger partial charge is 0.239 e. The molecule has 4 heterocycles. The van der Waals surface area contributed by atoms with E-state index in [1.807, 2.05) is 24.4 Å². The van der Waals surface area contributed by atoms with Gasteiger partial charge >= 0.3 is 0 Å². The third kappa shape index (κ3) is 5.75. The zero-order valence-corrected chi connectivity index (χ0v) is 18.9. The molecule has 0 spiro atoms. The molecule has 1 aliphatic rings. The van der Waals surface area contributed by atoms with Crippen LogP contribution in [-0.4, -0.2) is 57.5 Å². The zero-order chi connectivity index (χ0) is 21.8. The highest BCUT2D eigenvalue weighted by molar-refractivity contribution is 7.13. The van der Waals surface area contributed by atoms with Crippen LogP contribution in [-0.2, 0) is 4.79 Å². The van der Waals surface area contributed by atoms with Crippen LogP contribution in [0.1, 0.15) is 32.4 Å². The highest BCUT2D eigenvalue weighted by Crippen LogP contribution is 2.26. The van der Waals surface area contributed by atoms with Gasteiger partial charge in [-0.25, -0.2) is 15.0 Å². The lowest BCUT2D eigenvalue weighted by molar-refractivity contribution is -0.117. The predicted octanol–water partition coefficient (Wildman–Crippen LogP) is 3.57. The number of furan rings is 1. The minimum Gasteiger partial charge on any atom is -0.458 e. The summed E-state index contributed by atoms with van der Waals surface area (Å²) < 4.78 is 5.69. The van der Waals surface area contributed by atoms with Crippen molar-refractivity contribution in [2.24, 2.45) is 0 Å². The van der Waals surface area contributed by atoms with Crippen LogP contribution >= 0.6 is 11.3 Å². The molecule has 1 aliphatic heterocycles. The fourth-order valence-corrected chi connectivity index (χ4v) is 4.35. The number of hydrogen-bond acceptors (Lipinski definition) is 8. The molecular formula is C22H28N6O2S. The molecule has 3 aromatic rings. The second-order valence-corrected chi connectivity index (χ2v) is 9.02. The van der Waals surface area contributed by atoms with E-state index in [2.05, 4.69) is 44.3 Å². The van der Waals surface area contributed by atoms with Gasteiger partial charge in [-0.3, -0.25) is 9.69 Å². The lowest BCUT2D eigenvalue weighted by Crippen LogP contribution is -2.46. The molecule has 1 saturated heterocycles. The molecule has 0 bridgehead atoms. The summed E-state index contributed by atoms with van der Waals surface area (Å²) in [5.41, 5.74) is 0.657. The topological polar surface area (TPSA) is 96.2 Å². The molecule has 0 unspecified atom stereocenters. The van der Waals surface area contributed by atoms with Crippen molar-refractivity contribution < 1.29 is 9.21 Å². The first-order chi connectivity index (χ1) is 15.0. The van der Waals surface area contributed by atoms with Gasteiger partial charge in [0.2, 0.25) is 5.91 Å². The molecule has 31 heavy (non-hydrogen) atoms. The van der Waals surface area contributed by atoms with Crippen LogP contribution in [0.25, 0.3) is 22.3 Å². The highest BCUT2D eigenvalue weighted by atomic mass is 32.1. The Hall–Kier alpha value is -2.62. The molecule has 164 valence electrons. The molecule has 3 aromatic heterocycles. The summed E-state index contributed by atoms with van der Waals surface area (Å²) in [6, 6.07) is 6.47. The predicted molar refractivity (Wildman–Crippen MR) is 122 cm³/mol. The highest BCUT2D eigenvalue weighted by Gasteiger charge is 2.22. The Kier molecular flexibility index (Phi) is 6.74. The Morgan fingerprint density at radius 1 is 1.29 bits per heavy atom. The monoisotopic (exact) mass is 440 g/mol. The number of anilines is 1. The van der Waals surface area contributed by atoms with E-state index in [0.29, 0.717) is 41.7 Å². The Bertz CT molecular complexity index is 1010. The van der Waals surface area contributed by atoms with Gasteiger partial charge in [0.25, 0.3) is 0 Å². The van der Waals surface area contributed by atoms with Crippen molar-refractivity contribution in [3.05, 3.63) is 35.5 Å². The number of likely N-dealkylation sites (tertiary alicyclic amines) is 1. The van der Waals surface area contributed by atoms with E-state index in [0.717, 1.165) is 36.7 Å². The van der Waals surface area contributed by atoms with Crippen LogP contribution in [0.4, 0.5) is 5.82 Å². The van der Waals surface area contributed by atoms with E-state index in [-0.39, 0.29) is 5.91 Å². The van der Waals surface area contributed by atoms with E-state index in [1.165, 1.54) is 11.3 Å². The second-order valence-electron chi connectivity index (χ2n) is 8.13. The standard InChI is InChI=1S/C22H28N6O2S/c1-14(2)24-16-6-9-28(10-7-16)13-20(29)26-19-12-17(22-23-8-11-31-22)25-21(27-19)18-5-4-15(3)30-18/h4-5,8,11-12,14,16,24H,6-7,9-10,13H2,1-3H3,(H,25,26,27,29). The molecule has 1 fully saturated rings. The average Bonchev–Trinajstić information content (AvgIpc) is 3.41. The summed E-state index contributed by atoms with van der Waals surface area (Å²) in [6.07, 6.45) is 3.83. The number of aryl methyl sites for hydroxylation is 1. The van der Waals surface area contributed by atoms with Crippen molar-refractivity contribution in [2.45, 2.75) is 45.7 Å². The number of thiazole rings is 1. The van der Waals surface area contributed by atoms with Crippen molar-refractivity contribution in [2.75, 3.05) is 25.0 Å². The van der Waals surface area contributed by atoms with Gasteiger partial charge in [-0.05, 0) is 31.9 Å². The summed E-state index contributed by atoms with van der Waals surface area (Å²) in [4.78, 5) is 28.4. The molecule has 0 saturated carbocycles. The number of hydrogen-bond donors (Lipinski definition) is 2. The number of carbonyl (C=O) groups excluding carboxylic acids is 1. The normalized spacial score (nSPS) is 15.5. The number of rotatable bonds is 7. The number of piperidine rings is 1. The first kappa shape index (κ1) is 21.6. The number of amides is 1. The van der Waals surface area contributed by atoms with E-state index in [9.17, 15) is 4.79 Å². The maximum atomic E-state index is 12.7. The quantitative estimate of drug-likeness (QED) is 0.580. The molecule has 9 heteroatoms. The molecule has 2 N–H and O–H groups in total. The van der Waals surface area contributed by atoms with E-state index in [4.69, 9.17) is 4.42 Å². The summed E-state index contributed by atoms with van der Waals surface area (Å²) in [5.74, 6) is 2.13. The molecule has 4 rings (SSSR count). The lowest BCUT2D eigenvalue weighted by atomic mass is 10.0. The third-order valence-electron chi connectivity index (χ3n) is 5.13. The molecule has 0 atom stereocenters. The third-order valence-corrected chi connectivity index (χ3v) is 5.93. The average molecular weight is 441 g/mol. The van der Waals surface area contributed by atoms with Crippen LogP contribution < -0.4 is 10.6 Å². The van der Waals surface area contributed by atoms with Crippen molar-refractivity contribution in [1.29, 1.82) is 0 Å². The van der Waals surface area contributed by atoms with Crippen molar-refractivity contribution in [3.63, 3.8) is 0 Å². The molecule has 0 radical (unpaired) electrons. The van der Waals surface area contributed by atoms with Crippen molar-refractivity contribution in [1.82, 2.24) is 25.2 Å². The van der Waals surface area contributed by atoms with Crippen LogP contribution in [0.5, 0.6) is 0 Å². The Balaban J connectivity index is 1.45. The maximum absolute atomic E-state index is 12.7. The van der Waals surface area contributed by atoms with Crippen molar-refractivity contribution >= 4 is 23.1 Å². The molecule has 0 aromatic carbocycles. The van der Waals surface area contributed by atoms with E-state index >= 15 is 0 Å². The Morgan fingerprint density at radius 2 is 2.10 bits per heavy atom. The molecule has 0 aliphatic carbocycles. The fraction of sp³-hybridized carbons (Fsp3) is 0.455. The van der Waals surface area contributed by atoms with Crippen LogP contribution in [0.2, 0.25) is 0 Å². The van der Waals surface area contributed by atoms with Gasteiger partial charge in [-0.2, -0.15) is 0 Å². The Morgan fingerprint density at radius 3 is 2.74 bits per heavy atom. The van der Waals surface area contributed by atoms with Gasteiger partial charge in [-0.1, -0.05) is 13.8 Å². The van der Waals surface area contributed by atoms with Gasteiger partial charge in [0.15, 0.2) is 11.6 Å². The summed E-state index contributed by atoms with van der Waals surface area (Å²) >= 11 is 1.49. The van der Waals surface area contributed by atoms with Gasteiger partial charge < -0.3 is 15.1 Å². The molecule has 8 nitrogen and oxygen atoms in total. The first-order valence-electron chi connectivity index (χ1n) is 10.6. The number of carbonyl (C=O) groups is 1. The van der Waals surface area contributed by atoms with Gasteiger partial charge in [0.05, 0.1) is 6.54 Å². The number of aromatic nitrogens is 3. The van der Waals surface area contributed by atoms with Crippen LogP contribution in [0, 0.1) is 6.92 Å². The van der Waals surface area contributed by atoms with E-state index < -0.39 is 0 Å². The largest absolute Gasteiger partial charge is 0.458 e. The SMILES string of the molecule is Cc1ccc(-c2nc(NC(=O)CN3CCC(NC(C)C)CC3)cc(-c3nccs3)n2)o1. The van der Waals surface area contributed by atoms with Gasteiger partial charge in [0, 0.05) is 42.8 Å². The molecule has 1 amide bonds. The minimum absolute atomic E-state index is 0.0827.